The van der Waals surface area contributed by atoms with E-state index in [1.165, 1.54) is 6.08 Å². The van der Waals surface area contributed by atoms with E-state index in [-0.39, 0.29) is 11.9 Å². The summed E-state index contributed by atoms with van der Waals surface area (Å²) < 4.78 is 5.18. The Morgan fingerprint density at radius 2 is 2.60 bits per heavy atom. The minimum absolute atomic E-state index is 0.00375. The Kier molecular flexibility index (Phi) is 2.59. The van der Waals surface area contributed by atoms with Crippen LogP contribution in [0.5, 0.6) is 0 Å². The van der Waals surface area contributed by atoms with Crippen molar-refractivity contribution in [2.45, 2.75) is 6.10 Å². The van der Waals surface area contributed by atoms with Crippen LogP contribution in [0, 0.1) is 0 Å². The van der Waals surface area contributed by atoms with Gasteiger partial charge in [-0.05, 0) is 6.08 Å². The SMILES string of the molecule is C=CC(=O)[C@@H]1C[NH2+]CCO1. The molecule has 10 heavy (non-hydrogen) atoms. The topological polar surface area (TPSA) is 42.9 Å². The molecule has 1 atom stereocenters. The third-order valence-electron chi connectivity index (χ3n) is 1.54. The molecule has 2 N–H and O–H groups in total. The predicted molar refractivity (Wildman–Crippen MR) is 36.6 cm³/mol. The number of hydrogen-bond donors (Lipinski definition) is 1. The zero-order chi connectivity index (χ0) is 7.40. The average Bonchev–Trinajstić information content (AvgIpc) is 2.05. The van der Waals surface area contributed by atoms with Crippen molar-refractivity contribution in [2.24, 2.45) is 0 Å². The van der Waals surface area contributed by atoms with Crippen molar-refractivity contribution in [2.75, 3.05) is 19.7 Å². The van der Waals surface area contributed by atoms with E-state index in [4.69, 9.17) is 4.74 Å². The molecule has 1 fully saturated rings. The Bertz CT molecular complexity index is 139. The van der Waals surface area contributed by atoms with Crippen LogP contribution in [-0.2, 0) is 9.53 Å². The van der Waals surface area contributed by atoms with Crippen LogP contribution in [0.4, 0.5) is 0 Å². The summed E-state index contributed by atoms with van der Waals surface area (Å²) in [4.78, 5) is 10.9. The predicted octanol–water partition coefficient (Wildman–Crippen LogP) is -1.30. The summed E-state index contributed by atoms with van der Waals surface area (Å²) in [7, 11) is 0. The first kappa shape index (κ1) is 7.44. The summed E-state index contributed by atoms with van der Waals surface area (Å²) in [6.07, 6.45) is 1.08. The first-order valence-electron chi connectivity index (χ1n) is 3.44. The highest BCUT2D eigenvalue weighted by Gasteiger charge is 2.21. The number of ketones is 1. The minimum atomic E-state index is -0.244. The Labute approximate surface area is 60.1 Å². The van der Waals surface area contributed by atoms with Crippen LogP contribution < -0.4 is 5.32 Å². The van der Waals surface area contributed by atoms with Gasteiger partial charge in [-0.3, -0.25) is 4.79 Å². The fraction of sp³-hybridized carbons (Fsp3) is 0.571. The first-order chi connectivity index (χ1) is 4.84. The van der Waals surface area contributed by atoms with E-state index >= 15 is 0 Å². The second kappa shape index (κ2) is 3.49. The maximum Gasteiger partial charge on any atom is 0.189 e. The number of hydrogen-bond acceptors (Lipinski definition) is 2. The van der Waals surface area contributed by atoms with Gasteiger partial charge in [-0.2, -0.15) is 0 Å². The average molecular weight is 142 g/mol. The molecule has 56 valence electrons. The van der Waals surface area contributed by atoms with E-state index in [0.29, 0.717) is 6.61 Å². The van der Waals surface area contributed by atoms with Crippen molar-refractivity contribution >= 4 is 5.78 Å². The lowest BCUT2D eigenvalue weighted by Crippen LogP contribution is -2.90. The van der Waals surface area contributed by atoms with Crippen LogP contribution >= 0.6 is 0 Å². The second-order valence-electron chi connectivity index (χ2n) is 2.28. The van der Waals surface area contributed by atoms with Crippen LogP contribution in [0.1, 0.15) is 0 Å². The Morgan fingerprint density at radius 1 is 1.80 bits per heavy atom. The van der Waals surface area contributed by atoms with Crippen molar-refractivity contribution in [1.29, 1.82) is 0 Å². The zero-order valence-corrected chi connectivity index (χ0v) is 5.88. The van der Waals surface area contributed by atoms with Crippen molar-refractivity contribution in [1.82, 2.24) is 0 Å². The third kappa shape index (κ3) is 1.65. The zero-order valence-electron chi connectivity index (χ0n) is 5.88. The lowest BCUT2D eigenvalue weighted by Gasteiger charge is -2.17. The molecule has 0 unspecified atom stereocenters. The van der Waals surface area contributed by atoms with E-state index in [1.54, 1.807) is 0 Å². The van der Waals surface area contributed by atoms with Gasteiger partial charge in [0.2, 0.25) is 0 Å². The Balaban J connectivity index is 2.38. The summed E-state index contributed by atoms with van der Waals surface area (Å²) >= 11 is 0. The molecule has 0 amide bonds. The van der Waals surface area contributed by atoms with Gasteiger partial charge in [-0.1, -0.05) is 6.58 Å². The fourth-order valence-corrected chi connectivity index (χ4v) is 0.961. The van der Waals surface area contributed by atoms with Crippen LogP contribution in [0.15, 0.2) is 12.7 Å². The largest absolute Gasteiger partial charge is 0.358 e. The summed E-state index contributed by atoms with van der Waals surface area (Å²) in [5, 5.41) is 2.08. The second-order valence-corrected chi connectivity index (χ2v) is 2.28. The highest BCUT2D eigenvalue weighted by molar-refractivity contribution is 5.93. The van der Waals surface area contributed by atoms with E-state index < -0.39 is 0 Å². The number of rotatable bonds is 2. The molecule has 3 heteroatoms. The number of carbonyl (C=O) groups is 1. The number of morpholine rings is 1. The van der Waals surface area contributed by atoms with Crippen molar-refractivity contribution < 1.29 is 14.8 Å². The molecular formula is C7H12NO2+. The molecule has 0 radical (unpaired) electrons. The molecule has 1 aliphatic rings. The molecule has 0 saturated carbocycles. The van der Waals surface area contributed by atoms with E-state index in [1.807, 2.05) is 0 Å². The van der Waals surface area contributed by atoms with E-state index in [9.17, 15) is 4.79 Å². The number of nitrogens with two attached hydrogens (primary N) is 1. The molecule has 1 rings (SSSR count). The number of ether oxygens (including phenoxy) is 1. The molecule has 1 heterocycles. The maximum absolute atomic E-state index is 10.9. The van der Waals surface area contributed by atoms with Gasteiger partial charge in [-0.15, -0.1) is 0 Å². The molecule has 1 aliphatic heterocycles. The lowest BCUT2D eigenvalue weighted by atomic mass is 10.2. The van der Waals surface area contributed by atoms with E-state index in [2.05, 4.69) is 11.9 Å². The first-order valence-corrected chi connectivity index (χ1v) is 3.44. The molecular weight excluding hydrogens is 130 g/mol. The van der Waals surface area contributed by atoms with Gasteiger partial charge < -0.3 is 10.1 Å². The number of quaternary nitrogens is 1. The Hall–Kier alpha value is -0.670. The quantitative estimate of drug-likeness (QED) is 0.487. The number of carbonyl (C=O) groups excluding carboxylic acids is 1. The van der Waals surface area contributed by atoms with Crippen LogP contribution in [0.25, 0.3) is 0 Å². The third-order valence-corrected chi connectivity index (χ3v) is 1.54. The highest BCUT2D eigenvalue weighted by Crippen LogP contribution is 1.93. The van der Waals surface area contributed by atoms with Gasteiger partial charge in [0.1, 0.15) is 6.54 Å². The molecule has 0 spiro atoms. The maximum atomic E-state index is 10.9. The molecule has 3 nitrogen and oxygen atoms in total. The van der Waals surface area contributed by atoms with Crippen LogP contribution in [0.2, 0.25) is 0 Å². The van der Waals surface area contributed by atoms with E-state index in [0.717, 1.165) is 13.1 Å². The fourth-order valence-electron chi connectivity index (χ4n) is 0.961. The van der Waals surface area contributed by atoms with Crippen molar-refractivity contribution in [3.05, 3.63) is 12.7 Å². The molecule has 0 aliphatic carbocycles. The highest BCUT2D eigenvalue weighted by atomic mass is 16.5. The monoisotopic (exact) mass is 142 g/mol. The Morgan fingerprint density at radius 3 is 3.10 bits per heavy atom. The van der Waals surface area contributed by atoms with Gasteiger partial charge in [0.05, 0.1) is 13.2 Å². The molecule has 0 bridgehead atoms. The summed E-state index contributed by atoms with van der Waals surface area (Å²) in [5.74, 6) is -0.00375. The standard InChI is InChI=1S/C7H11NO2/c1-2-6(9)7-5-8-3-4-10-7/h2,7-8H,1,3-5H2/p+1/t7-/m0/s1. The van der Waals surface area contributed by atoms with Crippen LogP contribution in [-0.4, -0.2) is 31.6 Å². The van der Waals surface area contributed by atoms with Gasteiger partial charge in [0, 0.05) is 0 Å². The lowest BCUT2D eigenvalue weighted by molar-refractivity contribution is -0.674. The molecule has 0 aromatic carbocycles. The summed E-state index contributed by atoms with van der Waals surface area (Å²) in [5.41, 5.74) is 0. The van der Waals surface area contributed by atoms with Crippen molar-refractivity contribution in [3.8, 4) is 0 Å². The van der Waals surface area contributed by atoms with Gasteiger partial charge >= 0.3 is 0 Å². The molecule has 0 aromatic heterocycles. The summed E-state index contributed by atoms with van der Waals surface area (Å²) in [6, 6.07) is 0. The summed E-state index contributed by atoms with van der Waals surface area (Å²) in [6.45, 7) is 5.76. The minimum Gasteiger partial charge on any atom is -0.358 e. The smallest absolute Gasteiger partial charge is 0.189 e. The van der Waals surface area contributed by atoms with Crippen molar-refractivity contribution in [3.63, 3.8) is 0 Å². The normalized spacial score (nSPS) is 25.8. The van der Waals surface area contributed by atoms with Gasteiger partial charge in [0.25, 0.3) is 0 Å². The molecule has 0 aromatic rings. The van der Waals surface area contributed by atoms with Gasteiger partial charge in [0.15, 0.2) is 11.9 Å². The molecule has 1 saturated heterocycles. The van der Waals surface area contributed by atoms with Gasteiger partial charge in [-0.25, -0.2) is 0 Å². The van der Waals surface area contributed by atoms with Crippen LogP contribution in [0.3, 0.4) is 0 Å².